The predicted molar refractivity (Wildman–Crippen MR) is 66.8 cm³/mol. The van der Waals surface area contributed by atoms with Crippen LogP contribution < -0.4 is 10.6 Å². The molecule has 3 N–H and O–H groups in total. The molecule has 2 fully saturated rings. The lowest BCUT2D eigenvalue weighted by Crippen LogP contribution is -2.50. The van der Waals surface area contributed by atoms with Gasteiger partial charge in [-0.3, -0.25) is 0 Å². The molecule has 0 heterocycles. The molecule has 4 heteroatoms. The van der Waals surface area contributed by atoms with Crippen LogP contribution >= 0.6 is 0 Å². The average Bonchev–Trinajstić information content (AvgIpc) is 3.02. The molecule has 0 spiro atoms. The lowest BCUT2D eigenvalue weighted by molar-refractivity contribution is -0.0290. The standard InChI is InChI=1S/C13H24N2O2/c1-2-4-12(7-8-12)9-14-11(16)15-10-13(17)5-3-6-13/h17H,2-10H2,1H3,(H2,14,15,16). The zero-order valence-corrected chi connectivity index (χ0v) is 10.7. The van der Waals surface area contributed by atoms with E-state index in [1.807, 2.05) is 0 Å². The first-order valence-electron chi connectivity index (χ1n) is 6.82. The average molecular weight is 240 g/mol. The summed E-state index contributed by atoms with van der Waals surface area (Å²) in [7, 11) is 0. The maximum Gasteiger partial charge on any atom is 0.314 e. The fourth-order valence-electron chi connectivity index (χ4n) is 2.56. The minimum atomic E-state index is -0.627. The highest BCUT2D eigenvalue weighted by Crippen LogP contribution is 2.48. The molecule has 4 nitrogen and oxygen atoms in total. The van der Waals surface area contributed by atoms with Crippen LogP contribution in [0.15, 0.2) is 0 Å². The largest absolute Gasteiger partial charge is 0.388 e. The Bertz CT molecular complexity index is 283. The van der Waals surface area contributed by atoms with Crippen LogP contribution in [-0.4, -0.2) is 29.8 Å². The van der Waals surface area contributed by atoms with Crippen LogP contribution in [0.2, 0.25) is 0 Å². The minimum absolute atomic E-state index is 0.132. The van der Waals surface area contributed by atoms with Gasteiger partial charge >= 0.3 is 6.03 Å². The van der Waals surface area contributed by atoms with Gasteiger partial charge in [0.1, 0.15) is 0 Å². The first-order chi connectivity index (χ1) is 8.08. The molecule has 0 aliphatic heterocycles. The van der Waals surface area contributed by atoms with E-state index in [0.29, 0.717) is 12.0 Å². The molecule has 0 unspecified atom stereocenters. The van der Waals surface area contributed by atoms with Gasteiger partial charge in [0, 0.05) is 13.1 Å². The van der Waals surface area contributed by atoms with E-state index in [1.54, 1.807) is 0 Å². The number of aliphatic hydroxyl groups is 1. The number of hydrogen-bond donors (Lipinski definition) is 3. The van der Waals surface area contributed by atoms with Crippen LogP contribution in [0, 0.1) is 5.41 Å². The fraction of sp³-hybridized carbons (Fsp3) is 0.923. The highest BCUT2D eigenvalue weighted by atomic mass is 16.3. The van der Waals surface area contributed by atoms with Gasteiger partial charge in [0.05, 0.1) is 5.60 Å². The smallest absolute Gasteiger partial charge is 0.314 e. The second-order valence-electron chi connectivity index (χ2n) is 5.86. The number of nitrogens with one attached hydrogen (secondary N) is 2. The van der Waals surface area contributed by atoms with Crippen molar-refractivity contribution < 1.29 is 9.90 Å². The van der Waals surface area contributed by atoms with Gasteiger partial charge in [-0.1, -0.05) is 13.3 Å². The quantitative estimate of drug-likeness (QED) is 0.662. The molecule has 0 saturated heterocycles. The summed E-state index contributed by atoms with van der Waals surface area (Å²) in [5.41, 5.74) is -0.239. The summed E-state index contributed by atoms with van der Waals surface area (Å²) in [5, 5.41) is 15.5. The Morgan fingerprint density at radius 3 is 2.29 bits per heavy atom. The van der Waals surface area contributed by atoms with Crippen molar-refractivity contribution in [3.63, 3.8) is 0 Å². The summed E-state index contributed by atoms with van der Waals surface area (Å²) in [6.45, 7) is 3.36. The Kier molecular flexibility index (Phi) is 3.61. The molecule has 0 bridgehead atoms. The summed E-state index contributed by atoms with van der Waals surface area (Å²) < 4.78 is 0. The Morgan fingerprint density at radius 1 is 1.18 bits per heavy atom. The van der Waals surface area contributed by atoms with Crippen LogP contribution in [0.3, 0.4) is 0 Å². The second kappa shape index (κ2) is 4.84. The van der Waals surface area contributed by atoms with Crippen molar-refractivity contribution in [1.82, 2.24) is 10.6 Å². The van der Waals surface area contributed by atoms with E-state index >= 15 is 0 Å². The molecule has 0 aromatic heterocycles. The molecule has 17 heavy (non-hydrogen) atoms. The normalized spacial score (nSPS) is 23.6. The van der Waals surface area contributed by atoms with Gasteiger partial charge in [-0.25, -0.2) is 4.79 Å². The molecule has 0 aromatic rings. The van der Waals surface area contributed by atoms with Gasteiger partial charge in [-0.2, -0.15) is 0 Å². The van der Waals surface area contributed by atoms with Crippen LogP contribution in [-0.2, 0) is 0 Å². The van der Waals surface area contributed by atoms with Crippen molar-refractivity contribution in [2.24, 2.45) is 5.41 Å². The minimum Gasteiger partial charge on any atom is -0.388 e. The molecule has 98 valence electrons. The summed E-state index contributed by atoms with van der Waals surface area (Å²) in [6.07, 6.45) is 7.57. The maximum atomic E-state index is 11.6. The van der Waals surface area contributed by atoms with Gasteiger partial charge in [0.15, 0.2) is 0 Å². The molecule has 0 atom stereocenters. The SMILES string of the molecule is CCCC1(CNC(=O)NCC2(O)CCC2)CC1. The predicted octanol–water partition coefficient (Wildman–Crippen LogP) is 1.78. The maximum absolute atomic E-state index is 11.6. The van der Waals surface area contributed by atoms with E-state index < -0.39 is 5.60 Å². The van der Waals surface area contributed by atoms with Crippen LogP contribution in [0.1, 0.15) is 51.9 Å². The summed E-state index contributed by atoms with van der Waals surface area (Å²) in [4.78, 5) is 11.6. The highest BCUT2D eigenvalue weighted by Gasteiger charge is 2.41. The van der Waals surface area contributed by atoms with Crippen molar-refractivity contribution in [3.05, 3.63) is 0 Å². The molecule has 2 rings (SSSR count). The van der Waals surface area contributed by atoms with Crippen molar-refractivity contribution in [1.29, 1.82) is 0 Å². The molecular weight excluding hydrogens is 216 g/mol. The molecule has 2 aliphatic rings. The van der Waals surface area contributed by atoms with Crippen molar-refractivity contribution >= 4 is 6.03 Å². The summed E-state index contributed by atoms with van der Waals surface area (Å²) in [5.74, 6) is 0. The molecule has 0 aromatic carbocycles. The number of hydrogen-bond acceptors (Lipinski definition) is 2. The fourth-order valence-corrected chi connectivity index (χ4v) is 2.56. The Hall–Kier alpha value is -0.770. The van der Waals surface area contributed by atoms with Gasteiger partial charge in [0.2, 0.25) is 0 Å². The van der Waals surface area contributed by atoms with Crippen LogP contribution in [0.4, 0.5) is 4.79 Å². The Morgan fingerprint density at radius 2 is 1.82 bits per heavy atom. The van der Waals surface area contributed by atoms with Gasteiger partial charge in [-0.05, 0) is 43.9 Å². The number of amides is 2. The first kappa shape index (κ1) is 12.7. The van der Waals surface area contributed by atoms with E-state index in [2.05, 4.69) is 17.6 Å². The lowest BCUT2D eigenvalue weighted by atomic mass is 9.80. The second-order valence-corrected chi connectivity index (χ2v) is 5.86. The topological polar surface area (TPSA) is 61.4 Å². The number of urea groups is 1. The van der Waals surface area contributed by atoms with E-state index in [4.69, 9.17) is 0 Å². The molecule has 2 aliphatic carbocycles. The van der Waals surface area contributed by atoms with Crippen LogP contribution in [0.25, 0.3) is 0 Å². The van der Waals surface area contributed by atoms with Crippen molar-refractivity contribution in [3.8, 4) is 0 Å². The van der Waals surface area contributed by atoms with Gasteiger partial charge in [-0.15, -0.1) is 0 Å². The van der Waals surface area contributed by atoms with E-state index in [-0.39, 0.29) is 6.03 Å². The lowest BCUT2D eigenvalue weighted by Gasteiger charge is -2.36. The third kappa shape index (κ3) is 3.35. The zero-order chi connectivity index (χ0) is 12.4. The van der Waals surface area contributed by atoms with Crippen molar-refractivity contribution in [2.75, 3.05) is 13.1 Å². The molecule has 0 radical (unpaired) electrons. The highest BCUT2D eigenvalue weighted by molar-refractivity contribution is 5.74. The van der Waals surface area contributed by atoms with E-state index in [0.717, 1.165) is 25.8 Å². The van der Waals surface area contributed by atoms with Gasteiger partial charge < -0.3 is 15.7 Å². The molecule has 2 amide bonds. The summed E-state index contributed by atoms with van der Waals surface area (Å²) in [6, 6.07) is -0.132. The summed E-state index contributed by atoms with van der Waals surface area (Å²) >= 11 is 0. The number of carbonyl (C=O) groups excluding carboxylic acids is 1. The van der Waals surface area contributed by atoms with E-state index in [9.17, 15) is 9.90 Å². The monoisotopic (exact) mass is 240 g/mol. The van der Waals surface area contributed by atoms with E-state index in [1.165, 1.54) is 25.7 Å². The first-order valence-corrected chi connectivity index (χ1v) is 6.82. The molecular formula is C13H24N2O2. The zero-order valence-electron chi connectivity index (χ0n) is 10.7. The number of carbonyl (C=O) groups is 1. The number of rotatable bonds is 6. The van der Waals surface area contributed by atoms with Crippen molar-refractivity contribution in [2.45, 2.75) is 57.5 Å². The Labute approximate surface area is 103 Å². The Balaban J connectivity index is 1.61. The third-order valence-electron chi connectivity index (χ3n) is 4.22. The van der Waals surface area contributed by atoms with Gasteiger partial charge in [0.25, 0.3) is 0 Å². The molecule has 2 saturated carbocycles. The third-order valence-corrected chi connectivity index (χ3v) is 4.22. The van der Waals surface area contributed by atoms with Crippen LogP contribution in [0.5, 0.6) is 0 Å².